The van der Waals surface area contributed by atoms with E-state index in [1.807, 2.05) is 12.1 Å². The lowest BCUT2D eigenvalue weighted by atomic mass is 9.97. The maximum Gasteiger partial charge on any atom is 0.126 e. The van der Waals surface area contributed by atoms with Gasteiger partial charge in [0.05, 0.1) is 0 Å². The smallest absolute Gasteiger partial charge is 0.126 e. The summed E-state index contributed by atoms with van der Waals surface area (Å²) in [5.41, 5.74) is 0.809. The maximum atomic E-state index is 13.4. The standard InChI is InChI=1S/C16H26FN/c1-4-13(3)12-15(5-2)18-11-10-14-8-6-7-9-16(14)17/h6-9,13,15,18H,4-5,10-12H2,1-3H3. The van der Waals surface area contributed by atoms with E-state index in [1.165, 1.54) is 18.9 Å². The van der Waals surface area contributed by atoms with Crippen molar-refractivity contribution >= 4 is 0 Å². The number of hydrogen-bond acceptors (Lipinski definition) is 1. The molecule has 0 radical (unpaired) electrons. The molecule has 0 heterocycles. The lowest BCUT2D eigenvalue weighted by molar-refractivity contribution is 0.386. The topological polar surface area (TPSA) is 12.0 Å². The van der Waals surface area contributed by atoms with Gasteiger partial charge in [-0.3, -0.25) is 0 Å². The van der Waals surface area contributed by atoms with Crippen molar-refractivity contribution in [2.24, 2.45) is 5.92 Å². The molecule has 1 aromatic rings. The van der Waals surface area contributed by atoms with Crippen molar-refractivity contribution in [2.75, 3.05) is 6.54 Å². The number of hydrogen-bond donors (Lipinski definition) is 1. The van der Waals surface area contributed by atoms with Gasteiger partial charge in [-0.25, -0.2) is 4.39 Å². The monoisotopic (exact) mass is 251 g/mol. The van der Waals surface area contributed by atoms with Crippen LogP contribution < -0.4 is 5.32 Å². The van der Waals surface area contributed by atoms with E-state index in [-0.39, 0.29) is 5.82 Å². The highest BCUT2D eigenvalue weighted by atomic mass is 19.1. The summed E-state index contributed by atoms with van der Waals surface area (Å²) in [5.74, 6) is 0.671. The fraction of sp³-hybridized carbons (Fsp3) is 0.625. The van der Waals surface area contributed by atoms with E-state index in [0.29, 0.717) is 6.04 Å². The zero-order valence-corrected chi connectivity index (χ0v) is 11.9. The van der Waals surface area contributed by atoms with Crippen LogP contribution >= 0.6 is 0 Å². The van der Waals surface area contributed by atoms with Gasteiger partial charge in [0.25, 0.3) is 0 Å². The minimum Gasteiger partial charge on any atom is -0.314 e. The summed E-state index contributed by atoms with van der Waals surface area (Å²) in [6.07, 6.45) is 4.35. The molecule has 2 atom stereocenters. The molecular weight excluding hydrogens is 225 g/mol. The molecule has 1 aromatic carbocycles. The van der Waals surface area contributed by atoms with Gasteiger partial charge in [-0.2, -0.15) is 0 Å². The van der Waals surface area contributed by atoms with E-state index in [2.05, 4.69) is 26.1 Å². The van der Waals surface area contributed by atoms with Crippen LogP contribution in [0.3, 0.4) is 0 Å². The predicted octanol–water partition coefficient (Wildman–Crippen LogP) is 4.17. The lowest BCUT2D eigenvalue weighted by Crippen LogP contribution is -2.31. The first-order valence-corrected chi connectivity index (χ1v) is 7.14. The van der Waals surface area contributed by atoms with Gasteiger partial charge in [-0.05, 0) is 43.4 Å². The van der Waals surface area contributed by atoms with Gasteiger partial charge in [0, 0.05) is 6.04 Å². The van der Waals surface area contributed by atoms with Crippen molar-refractivity contribution in [3.63, 3.8) is 0 Å². The highest BCUT2D eigenvalue weighted by Crippen LogP contribution is 2.12. The third-order valence-corrected chi connectivity index (χ3v) is 3.66. The van der Waals surface area contributed by atoms with Gasteiger partial charge in [-0.1, -0.05) is 45.4 Å². The molecule has 0 amide bonds. The molecule has 0 spiro atoms. The third kappa shape index (κ3) is 5.18. The quantitative estimate of drug-likeness (QED) is 0.731. The number of nitrogens with one attached hydrogen (secondary N) is 1. The van der Waals surface area contributed by atoms with Crippen LogP contribution in [-0.4, -0.2) is 12.6 Å². The Morgan fingerprint density at radius 3 is 2.50 bits per heavy atom. The predicted molar refractivity (Wildman–Crippen MR) is 76.3 cm³/mol. The SMILES string of the molecule is CCC(C)CC(CC)NCCc1ccccc1F. The second-order valence-corrected chi connectivity index (χ2v) is 5.15. The molecule has 0 saturated heterocycles. The van der Waals surface area contributed by atoms with Crippen LogP contribution in [0.4, 0.5) is 4.39 Å². The Kier molecular flexibility index (Phi) is 6.96. The Morgan fingerprint density at radius 1 is 1.17 bits per heavy atom. The van der Waals surface area contributed by atoms with Crippen LogP contribution in [0.1, 0.15) is 45.6 Å². The second kappa shape index (κ2) is 8.25. The third-order valence-electron chi connectivity index (χ3n) is 3.66. The van der Waals surface area contributed by atoms with Crippen molar-refractivity contribution < 1.29 is 4.39 Å². The summed E-state index contributed by atoms with van der Waals surface area (Å²) < 4.78 is 13.4. The average Bonchev–Trinajstić information content (AvgIpc) is 2.39. The summed E-state index contributed by atoms with van der Waals surface area (Å²) in [6, 6.07) is 7.60. The molecule has 2 heteroatoms. The molecule has 0 aliphatic rings. The zero-order valence-electron chi connectivity index (χ0n) is 11.9. The summed E-state index contributed by atoms with van der Waals surface area (Å²) >= 11 is 0. The molecular formula is C16H26FN. The van der Waals surface area contributed by atoms with Gasteiger partial charge < -0.3 is 5.32 Å². The lowest BCUT2D eigenvalue weighted by Gasteiger charge is -2.20. The highest BCUT2D eigenvalue weighted by molar-refractivity contribution is 5.17. The van der Waals surface area contributed by atoms with Crippen molar-refractivity contribution in [1.82, 2.24) is 5.32 Å². The van der Waals surface area contributed by atoms with Crippen LogP contribution in [0.2, 0.25) is 0 Å². The van der Waals surface area contributed by atoms with Crippen molar-refractivity contribution in [3.05, 3.63) is 35.6 Å². The normalized spacial score (nSPS) is 14.4. The minimum absolute atomic E-state index is 0.0886. The fourth-order valence-electron chi connectivity index (χ4n) is 2.16. The molecule has 0 aliphatic heterocycles. The van der Waals surface area contributed by atoms with E-state index < -0.39 is 0 Å². The van der Waals surface area contributed by atoms with Crippen LogP contribution in [0.15, 0.2) is 24.3 Å². The van der Waals surface area contributed by atoms with Gasteiger partial charge in [0.1, 0.15) is 5.82 Å². The van der Waals surface area contributed by atoms with E-state index >= 15 is 0 Å². The summed E-state index contributed by atoms with van der Waals surface area (Å²) in [5, 5.41) is 3.54. The van der Waals surface area contributed by atoms with E-state index in [9.17, 15) is 4.39 Å². The zero-order chi connectivity index (χ0) is 13.4. The van der Waals surface area contributed by atoms with Crippen molar-refractivity contribution in [1.29, 1.82) is 0 Å². The summed E-state index contributed by atoms with van der Waals surface area (Å²) in [6.45, 7) is 7.59. The molecule has 18 heavy (non-hydrogen) atoms. The first-order chi connectivity index (χ1) is 8.67. The van der Waals surface area contributed by atoms with E-state index in [0.717, 1.165) is 30.9 Å². The number of benzene rings is 1. The van der Waals surface area contributed by atoms with Crippen molar-refractivity contribution in [3.8, 4) is 0 Å². The molecule has 1 rings (SSSR count). The average molecular weight is 251 g/mol. The largest absolute Gasteiger partial charge is 0.314 e. The summed E-state index contributed by atoms with van der Waals surface area (Å²) in [4.78, 5) is 0. The number of halogens is 1. The molecule has 2 unspecified atom stereocenters. The maximum absolute atomic E-state index is 13.4. The number of rotatable bonds is 8. The Balaban J connectivity index is 2.33. The highest BCUT2D eigenvalue weighted by Gasteiger charge is 2.09. The Labute approximate surface area is 111 Å². The molecule has 0 bridgehead atoms. The molecule has 1 N–H and O–H groups in total. The molecule has 0 aliphatic carbocycles. The first-order valence-electron chi connectivity index (χ1n) is 7.14. The Hall–Kier alpha value is -0.890. The van der Waals surface area contributed by atoms with Gasteiger partial charge in [0.15, 0.2) is 0 Å². The van der Waals surface area contributed by atoms with Crippen LogP contribution in [0.5, 0.6) is 0 Å². The second-order valence-electron chi connectivity index (χ2n) is 5.15. The molecule has 0 fully saturated rings. The van der Waals surface area contributed by atoms with E-state index in [1.54, 1.807) is 6.07 Å². The van der Waals surface area contributed by atoms with Gasteiger partial charge in [0.2, 0.25) is 0 Å². The minimum atomic E-state index is -0.0886. The Bertz CT molecular complexity index is 338. The van der Waals surface area contributed by atoms with Crippen LogP contribution in [0, 0.1) is 11.7 Å². The van der Waals surface area contributed by atoms with E-state index in [4.69, 9.17) is 0 Å². The van der Waals surface area contributed by atoms with Crippen molar-refractivity contribution in [2.45, 2.75) is 52.5 Å². The Morgan fingerprint density at radius 2 is 1.89 bits per heavy atom. The fourth-order valence-corrected chi connectivity index (χ4v) is 2.16. The molecule has 0 saturated carbocycles. The van der Waals surface area contributed by atoms with Gasteiger partial charge >= 0.3 is 0 Å². The summed E-state index contributed by atoms with van der Waals surface area (Å²) in [7, 11) is 0. The molecule has 0 aromatic heterocycles. The molecule has 1 nitrogen and oxygen atoms in total. The van der Waals surface area contributed by atoms with Crippen LogP contribution in [0.25, 0.3) is 0 Å². The molecule has 102 valence electrons. The van der Waals surface area contributed by atoms with Crippen LogP contribution in [-0.2, 0) is 6.42 Å². The van der Waals surface area contributed by atoms with Gasteiger partial charge in [-0.15, -0.1) is 0 Å². The first kappa shape index (κ1) is 15.2.